The standard InChI is InChI=1S/C29H36N2O3/c1-29(2,21-31(3)4)20-30-18-23(17-22-13-15-25(16-14-22)28(32)33-5)19-34-27-12-8-10-24-9-6-7-11-26(24)27/h6-17,30H,18-21H2,1-5H3. The van der Waals surface area contributed by atoms with Gasteiger partial charge in [0.1, 0.15) is 12.4 Å². The number of fused-ring (bicyclic) bond motifs is 1. The highest BCUT2D eigenvalue weighted by molar-refractivity contribution is 5.89. The summed E-state index contributed by atoms with van der Waals surface area (Å²) in [5.41, 5.74) is 2.82. The summed E-state index contributed by atoms with van der Waals surface area (Å²) in [7, 11) is 5.59. The summed E-state index contributed by atoms with van der Waals surface area (Å²) in [5.74, 6) is 0.540. The van der Waals surface area contributed by atoms with Crippen LogP contribution in [0.2, 0.25) is 0 Å². The predicted octanol–water partition coefficient (Wildman–Crippen LogP) is 5.27. The second-order valence-electron chi connectivity index (χ2n) is 9.69. The van der Waals surface area contributed by atoms with E-state index in [2.05, 4.69) is 62.4 Å². The number of carbonyl (C=O) groups excluding carboxylic acids is 1. The molecule has 0 aromatic heterocycles. The largest absolute Gasteiger partial charge is 0.489 e. The normalized spacial score (nSPS) is 12.2. The fraction of sp³-hybridized carbons (Fsp3) is 0.345. The topological polar surface area (TPSA) is 50.8 Å². The SMILES string of the molecule is COC(=O)c1ccc(C=C(CNCC(C)(C)CN(C)C)COc2cccc3ccccc23)cc1. The van der Waals surface area contributed by atoms with Gasteiger partial charge in [-0.3, -0.25) is 0 Å². The van der Waals surface area contributed by atoms with Crippen molar-refractivity contribution in [2.75, 3.05) is 47.4 Å². The van der Waals surface area contributed by atoms with Gasteiger partial charge in [0.05, 0.1) is 12.7 Å². The summed E-state index contributed by atoms with van der Waals surface area (Å²) in [6.07, 6.45) is 2.12. The van der Waals surface area contributed by atoms with Crippen LogP contribution in [0.5, 0.6) is 5.75 Å². The quantitative estimate of drug-likeness (QED) is 0.395. The van der Waals surface area contributed by atoms with Crippen molar-refractivity contribution in [1.29, 1.82) is 0 Å². The molecular formula is C29H36N2O3. The van der Waals surface area contributed by atoms with Crippen LogP contribution in [0.25, 0.3) is 16.8 Å². The molecule has 5 heteroatoms. The molecule has 0 radical (unpaired) electrons. The van der Waals surface area contributed by atoms with E-state index in [-0.39, 0.29) is 11.4 Å². The molecule has 1 N–H and O–H groups in total. The first-order valence-electron chi connectivity index (χ1n) is 11.6. The van der Waals surface area contributed by atoms with Crippen LogP contribution in [0, 0.1) is 5.41 Å². The summed E-state index contributed by atoms with van der Waals surface area (Å²) in [4.78, 5) is 14.0. The molecule has 0 aliphatic rings. The molecule has 0 heterocycles. The number of nitrogens with one attached hydrogen (secondary N) is 1. The molecule has 34 heavy (non-hydrogen) atoms. The van der Waals surface area contributed by atoms with Gasteiger partial charge >= 0.3 is 5.97 Å². The molecule has 3 rings (SSSR count). The highest BCUT2D eigenvalue weighted by Gasteiger charge is 2.18. The zero-order valence-electron chi connectivity index (χ0n) is 20.9. The highest BCUT2D eigenvalue weighted by Crippen LogP contribution is 2.25. The number of hydrogen-bond acceptors (Lipinski definition) is 5. The molecule has 0 spiro atoms. The summed E-state index contributed by atoms with van der Waals surface area (Å²) in [6, 6.07) is 21.8. The van der Waals surface area contributed by atoms with Crippen molar-refractivity contribution in [2.45, 2.75) is 13.8 Å². The van der Waals surface area contributed by atoms with Crippen molar-refractivity contribution in [2.24, 2.45) is 5.41 Å². The zero-order valence-corrected chi connectivity index (χ0v) is 20.9. The predicted molar refractivity (Wildman–Crippen MR) is 140 cm³/mol. The summed E-state index contributed by atoms with van der Waals surface area (Å²) >= 11 is 0. The molecular weight excluding hydrogens is 424 g/mol. The van der Waals surface area contributed by atoms with Crippen LogP contribution in [0.1, 0.15) is 29.8 Å². The number of rotatable bonds is 11. The van der Waals surface area contributed by atoms with Crippen molar-refractivity contribution in [3.05, 3.63) is 83.4 Å². The third-order valence-corrected chi connectivity index (χ3v) is 5.57. The lowest BCUT2D eigenvalue weighted by molar-refractivity contribution is 0.0600. The summed E-state index contributed by atoms with van der Waals surface area (Å²) < 4.78 is 11.1. The van der Waals surface area contributed by atoms with Gasteiger partial charge in [-0.1, -0.05) is 68.5 Å². The Morgan fingerprint density at radius 3 is 2.41 bits per heavy atom. The maximum absolute atomic E-state index is 11.8. The molecule has 0 unspecified atom stereocenters. The Labute approximate surface area is 203 Å². The van der Waals surface area contributed by atoms with Crippen LogP contribution in [-0.4, -0.2) is 58.3 Å². The van der Waals surface area contributed by atoms with Crippen LogP contribution >= 0.6 is 0 Å². The fourth-order valence-electron chi connectivity index (χ4n) is 4.18. The Hall–Kier alpha value is -3.15. The molecule has 0 aliphatic carbocycles. The van der Waals surface area contributed by atoms with Crippen molar-refractivity contribution in [3.8, 4) is 5.75 Å². The Bertz CT molecular complexity index is 1110. The van der Waals surface area contributed by atoms with E-state index in [0.29, 0.717) is 18.7 Å². The smallest absolute Gasteiger partial charge is 0.337 e. The molecule has 180 valence electrons. The maximum Gasteiger partial charge on any atom is 0.337 e. The Morgan fingerprint density at radius 2 is 1.71 bits per heavy atom. The van der Waals surface area contributed by atoms with Gasteiger partial charge in [0.15, 0.2) is 0 Å². The Balaban J connectivity index is 1.76. The first-order valence-corrected chi connectivity index (χ1v) is 11.6. The van der Waals surface area contributed by atoms with Crippen molar-refractivity contribution >= 4 is 22.8 Å². The Morgan fingerprint density at radius 1 is 1.00 bits per heavy atom. The van der Waals surface area contributed by atoms with Gasteiger partial charge in [-0.15, -0.1) is 0 Å². The minimum Gasteiger partial charge on any atom is -0.489 e. The number of esters is 1. The van der Waals surface area contributed by atoms with Crippen LogP contribution in [0.3, 0.4) is 0 Å². The molecule has 0 fully saturated rings. The van der Waals surface area contributed by atoms with E-state index < -0.39 is 0 Å². The lowest BCUT2D eigenvalue weighted by Gasteiger charge is -2.28. The van der Waals surface area contributed by atoms with Gasteiger partial charge in [-0.05, 0) is 54.2 Å². The first kappa shape index (κ1) is 25.5. The lowest BCUT2D eigenvalue weighted by Crippen LogP contribution is -2.38. The fourth-order valence-corrected chi connectivity index (χ4v) is 4.18. The van der Waals surface area contributed by atoms with E-state index in [1.165, 1.54) is 7.11 Å². The number of nitrogens with zero attached hydrogens (tertiary/aromatic N) is 1. The van der Waals surface area contributed by atoms with Gasteiger partial charge in [-0.25, -0.2) is 4.79 Å². The second-order valence-corrected chi connectivity index (χ2v) is 9.69. The minimum atomic E-state index is -0.333. The van der Waals surface area contributed by atoms with Gasteiger partial charge in [0, 0.05) is 25.0 Å². The van der Waals surface area contributed by atoms with Crippen molar-refractivity contribution < 1.29 is 14.3 Å². The van der Waals surface area contributed by atoms with E-state index in [1.54, 1.807) is 12.1 Å². The Kier molecular flexibility index (Phi) is 8.85. The van der Waals surface area contributed by atoms with Crippen LogP contribution < -0.4 is 10.1 Å². The zero-order chi connectivity index (χ0) is 24.6. The lowest BCUT2D eigenvalue weighted by atomic mass is 9.93. The van der Waals surface area contributed by atoms with Gasteiger partial charge < -0.3 is 19.7 Å². The molecule has 3 aromatic carbocycles. The first-order chi connectivity index (χ1) is 16.3. The third kappa shape index (κ3) is 7.44. The van der Waals surface area contributed by atoms with E-state index in [4.69, 9.17) is 9.47 Å². The molecule has 0 atom stereocenters. The molecule has 0 amide bonds. The molecule has 0 saturated heterocycles. The van der Waals surface area contributed by atoms with Gasteiger partial charge in [0.25, 0.3) is 0 Å². The van der Waals surface area contributed by atoms with Crippen LogP contribution in [0.4, 0.5) is 0 Å². The minimum absolute atomic E-state index is 0.146. The average Bonchev–Trinajstić information content (AvgIpc) is 2.81. The van der Waals surface area contributed by atoms with E-state index in [0.717, 1.165) is 40.7 Å². The number of hydrogen-bond donors (Lipinski definition) is 1. The molecule has 0 bridgehead atoms. The molecule has 5 nitrogen and oxygen atoms in total. The molecule has 0 aliphatic heterocycles. The van der Waals surface area contributed by atoms with E-state index in [1.807, 2.05) is 36.4 Å². The average molecular weight is 461 g/mol. The molecule has 0 saturated carbocycles. The molecule has 3 aromatic rings. The maximum atomic E-state index is 11.8. The third-order valence-electron chi connectivity index (χ3n) is 5.57. The van der Waals surface area contributed by atoms with Crippen molar-refractivity contribution in [1.82, 2.24) is 10.2 Å². The van der Waals surface area contributed by atoms with E-state index >= 15 is 0 Å². The van der Waals surface area contributed by atoms with Crippen molar-refractivity contribution in [3.63, 3.8) is 0 Å². The number of ether oxygens (including phenoxy) is 2. The monoisotopic (exact) mass is 460 g/mol. The number of methoxy groups -OCH3 is 1. The second kappa shape index (κ2) is 11.8. The van der Waals surface area contributed by atoms with Gasteiger partial charge in [0.2, 0.25) is 0 Å². The highest BCUT2D eigenvalue weighted by atomic mass is 16.5. The number of benzene rings is 3. The van der Waals surface area contributed by atoms with Crippen LogP contribution in [0.15, 0.2) is 72.3 Å². The summed E-state index contributed by atoms with van der Waals surface area (Å²) in [5, 5.41) is 5.88. The van der Waals surface area contributed by atoms with E-state index in [9.17, 15) is 4.79 Å². The number of carbonyl (C=O) groups is 1. The van der Waals surface area contributed by atoms with Gasteiger partial charge in [-0.2, -0.15) is 0 Å². The van der Waals surface area contributed by atoms with Crippen LogP contribution in [-0.2, 0) is 4.74 Å². The summed E-state index contributed by atoms with van der Waals surface area (Å²) in [6.45, 7) is 7.59.